The van der Waals surface area contributed by atoms with E-state index in [1.807, 2.05) is 6.92 Å². The van der Waals surface area contributed by atoms with Gasteiger partial charge in [-0.05, 0) is 42.8 Å². The van der Waals surface area contributed by atoms with Crippen molar-refractivity contribution in [2.75, 3.05) is 17.2 Å². The molecule has 1 atom stereocenters. The SMILES string of the molecule is CCNC(=O)Nc1cccc(NC(=O)CC(NC(C)=O)c2ccc(Cl)cc2)c1. The molecule has 0 spiro atoms. The van der Waals surface area contributed by atoms with Gasteiger partial charge in [0, 0.05) is 29.9 Å². The fourth-order valence-electron chi connectivity index (χ4n) is 2.60. The first-order chi connectivity index (χ1) is 13.4. The highest BCUT2D eigenvalue weighted by Crippen LogP contribution is 2.21. The maximum Gasteiger partial charge on any atom is 0.319 e. The normalized spacial score (nSPS) is 11.2. The molecule has 0 radical (unpaired) electrons. The Balaban J connectivity index is 2.04. The van der Waals surface area contributed by atoms with Crippen LogP contribution < -0.4 is 21.3 Å². The van der Waals surface area contributed by atoms with E-state index < -0.39 is 6.04 Å². The van der Waals surface area contributed by atoms with Crippen LogP contribution in [0.25, 0.3) is 0 Å². The fourth-order valence-corrected chi connectivity index (χ4v) is 2.73. The molecule has 0 saturated heterocycles. The topological polar surface area (TPSA) is 99.3 Å². The summed E-state index contributed by atoms with van der Waals surface area (Å²) >= 11 is 5.90. The first-order valence-electron chi connectivity index (χ1n) is 8.84. The molecule has 0 aliphatic carbocycles. The molecule has 0 bridgehead atoms. The molecule has 28 heavy (non-hydrogen) atoms. The lowest BCUT2D eigenvalue weighted by molar-refractivity contribution is -0.120. The van der Waals surface area contributed by atoms with E-state index in [0.29, 0.717) is 22.9 Å². The van der Waals surface area contributed by atoms with Crippen LogP contribution in [0.1, 0.15) is 31.9 Å². The van der Waals surface area contributed by atoms with Crippen molar-refractivity contribution in [2.24, 2.45) is 0 Å². The number of hydrogen-bond donors (Lipinski definition) is 4. The van der Waals surface area contributed by atoms with Gasteiger partial charge < -0.3 is 21.3 Å². The zero-order chi connectivity index (χ0) is 20.5. The molecule has 1 unspecified atom stereocenters. The number of carbonyl (C=O) groups excluding carboxylic acids is 3. The van der Waals surface area contributed by atoms with Crippen molar-refractivity contribution in [2.45, 2.75) is 26.3 Å². The molecule has 0 heterocycles. The van der Waals surface area contributed by atoms with E-state index in [2.05, 4.69) is 21.3 Å². The van der Waals surface area contributed by atoms with Crippen LogP contribution in [-0.2, 0) is 9.59 Å². The van der Waals surface area contributed by atoms with Gasteiger partial charge in [-0.3, -0.25) is 9.59 Å². The molecule has 2 rings (SSSR count). The maximum atomic E-state index is 12.5. The number of halogens is 1. The number of amides is 4. The highest BCUT2D eigenvalue weighted by Gasteiger charge is 2.17. The van der Waals surface area contributed by atoms with Gasteiger partial charge in [-0.25, -0.2) is 4.79 Å². The van der Waals surface area contributed by atoms with E-state index in [1.165, 1.54) is 6.92 Å². The zero-order valence-corrected chi connectivity index (χ0v) is 16.5. The van der Waals surface area contributed by atoms with Crippen molar-refractivity contribution in [1.29, 1.82) is 0 Å². The number of anilines is 2. The number of rotatable bonds is 7. The average molecular weight is 403 g/mol. The summed E-state index contributed by atoms with van der Waals surface area (Å²) in [6.45, 7) is 3.73. The van der Waals surface area contributed by atoms with E-state index in [4.69, 9.17) is 11.6 Å². The van der Waals surface area contributed by atoms with E-state index in [-0.39, 0.29) is 24.3 Å². The summed E-state index contributed by atoms with van der Waals surface area (Å²) in [5.41, 5.74) is 1.87. The molecule has 0 aromatic heterocycles. The van der Waals surface area contributed by atoms with Gasteiger partial charge in [0.2, 0.25) is 11.8 Å². The smallest absolute Gasteiger partial charge is 0.319 e. The van der Waals surface area contributed by atoms with Crippen molar-refractivity contribution in [3.8, 4) is 0 Å². The van der Waals surface area contributed by atoms with Gasteiger partial charge in [0.05, 0.1) is 12.5 Å². The molecule has 8 heteroatoms. The predicted molar refractivity (Wildman–Crippen MR) is 110 cm³/mol. The number of benzene rings is 2. The second-order valence-electron chi connectivity index (χ2n) is 6.12. The molecule has 0 saturated carbocycles. The molecule has 148 valence electrons. The monoisotopic (exact) mass is 402 g/mol. The third-order valence-corrected chi connectivity index (χ3v) is 4.03. The minimum Gasteiger partial charge on any atom is -0.349 e. The van der Waals surface area contributed by atoms with E-state index in [1.54, 1.807) is 48.5 Å². The lowest BCUT2D eigenvalue weighted by atomic mass is 10.0. The second-order valence-corrected chi connectivity index (χ2v) is 6.56. The first kappa shape index (κ1) is 21.2. The van der Waals surface area contributed by atoms with Crippen LogP contribution in [0.15, 0.2) is 48.5 Å². The number of hydrogen-bond acceptors (Lipinski definition) is 3. The quantitative estimate of drug-likeness (QED) is 0.568. The van der Waals surface area contributed by atoms with E-state index in [0.717, 1.165) is 5.56 Å². The van der Waals surface area contributed by atoms with Gasteiger partial charge in [0.25, 0.3) is 0 Å². The summed E-state index contributed by atoms with van der Waals surface area (Å²) in [5, 5.41) is 11.5. The predicted octanol–water partition coefficient (Wildman–Crippen LogP) is 3.69. The third-order valence-electron chi connectivity index (χ3n) is 3.78. The Labute approximate surface area is 168 Å². The summed E-state index contributed by atoms with van der Waals surface area (Å²) in [7, 11) is 0. The summed E-state index contributed by atoms with van der Waals surface area (Å²) in [6.07, 6.45) is 0.0508. The summed E-state index contributed by atoms with van der Waals surface area (Å²) in [4.78, 5) is 35.6. The summed E-state index contributed by atoms with van der Waals surface area (Å²) in [6, 6.07) is 13.0. The zero-order valence-electron chi connectivity index (χ0n) is 15.7. The van der Waals surface area contributed by atoms with Crippen molar-refractivity contribution in [3.05, 3.63) is 59.1 Å². The van der Waals surface area contributed by atoms with Gasteiger partial charge in [-0.15, -0.1) is 0 Å². The average Bonchev–Trinajstić information content (AvgIpc) is 2.62. The molecule has 4 N–H and O–H groups in total. The summed E-state index contributed by atoms with van der Waals surface area (Å²) in [5.74, 6) is -0.509. The Bertz CT molecular complexity index is 840. The molecular formula is C20H23ClN4O3. The minimum absolute atomic E-state index is 0.0508. The Morgan fingerprint density at radius 3 is 2.25 bits per heavy atom. The molecule has 2 aromatic rings. The molecular weight excluding hydrogens is 380 g/mol. The van der Waals surface area contributed by atoms with Crippen molar-refractivity contribution >= 4 is 40.8 Å². The molecule has 4 amide bonds. The molecule has 2 aromatic carbocycles. The Hall–Kier alpha value is -3.06. The number of urea groups is 1. The Kier molecular flexibility index (Phi) is 7.83. The minimum atomic E-state index is -0.480. The van der Waals surface area contributed by atoms with E-state index in [9.17, 15) is 14.4 Å². The second kappa shape index (κ2) is 10.3. The third kappa shape index (κ3) is 6.92. The van der Waals surface area contributed by atoms with Crippen LogP contribution in [0.2, 0.25) is 5.02 Å². The van der Waals surface area contributed by atoms with Crippen LogP contribution in [0.3, 0.4) is 0 Å². The highest BCUT2D eigenvalue weighted by molar-refractivity contribution is 6.30. The fraction of sp³-hybridized carbons (Fsp3) is 0.250. The van der Waals surface area contributed by atoms with Gasteiger partial charge in [-0.1, -0.05) is 29.8 Å². The van der Waals surface area contributed by atoms with Crippen molar-refractivity contribution < 1.29 is 14.4 Å². The van der Waals surface area contributed by atoms with Crippen molar-refractivity contribution in [3.63, 3.8) is 0 Å². The highest BCUT2D eigenvalue weighted by atomic mass is 35.5. The van der Waals surface area contributed by atoms with Gasteiger partial charge in [0.15, 0.2) is 0 Å². The largest absolute Gasteiger partial charge is 0.349 e. The van der Waals surface area contributed by atoms with Crippen LogP contribution in [0.4, 0.5) is 16.2 Å². The molecule has 7 nitrogen and oxygen atoms in total. The number of carbonyl (C=O) groups is 3. The standard InChI is InChI=1S/C20H23ClN4O3/c1-3-22-20(28)25-17-6-4-5-16(11-17)24-19(27)12-18(23-13(2)26)14-7-9-15(21)10-8-14/h4-11,18H,3,12H2,1-2H3,(H,23,26)(H,24,27)(H2,22,25,28). The number of nitrogens with one attached hydrogen (secondary N) is 4. The lowest BCUT2D eigenvalue weighted by Gasteiger charge is -2.18. The van der Waals surface area contributed by atoms with Gasteiger partial charge >= 0.3 is 6.03 Å². The molecule has 0 aliphatic heterocycles. The Morgan fingerprint density at radius 2 is 1.64 bits per heavy atom. The van der Waals surface area contributed by atoms with Crippen molar-refractivity contribution in [1.82, 2.24) is 10.6 Å². The van der Waals surface area contributed by atoms with Crippen LogP contribution in [-0.4, -0.2) is 24.4 Å². The van der Waals surface area contributed by atoms with E-state index >= 15 is 0 Å². The van der Waals surface area contributed by atoms with Crippen LogP contribution >= 0.6 is 11.6 Å². The van der Waals surface area contributed by atoms with Gasteiger partial charge in [-0.2, -0.15) is 0 Å². The van der Waals surface area contributed by atoms with Crippen LogP contribution in [0.5, 0.6) is 0 Å². The Morgan fingerprint density at radius 1 is 1.00 bits per heavy atom. The summed E-state index contributed by atoms with van der Waals surface area (Å²) < 4.78 is 0. The lowest BCUT2D eigenvalue weighted by Crippen LogP contribution is -2.30. The molecule has 0 fully saturated rings. The maximum absolute atomic E-state index is 12.5. The van der Waals surface area contributed by atoms with Gasteiger partial charge in [0.1, 0.15) is 0 Å². The van der Waals surface area contributed by atoms with Crippen LogP contribution in [0, 0.1) is 0 Å². The first-order valence-corrected chi connectivity index (χ1v) is 9.22. The molecule has 0 aliphatic rings.